The molecule has 1 aromatic carbocycles. The summed E-state index contributed by atoms with van der Waals surface area (Å²) in [4.78, 5) is 2.14. The molecule has 2 rings (SSSR count). The van der Waals surface area contributed by atoms with Gasteiger partial charge in [0.1, 0.15) is 5.82 Å². The van der Waals surface area contributed by atoms with Gasteiger partial charge in [0.05, 0.1) is 0 Å². The third-order valence-electron chi connectivity index (χ3n) is 3.75. The van der Waals surface area contributed by atoms with Crippen molar-refractivity contribution < 1.29 is 4.39 Å². The Morgan fingerprint density at radius 3 is 3.06 bits per heavy atom. The fourth-order valence-corrected chi connectivity index (χ4v) is 2.63. The van der Waals surface area contributed by atoms with Crippen LogP contribution in [-0.4, -0.2) is 26.7 Å². The Morgan fingerprint density at radius 2 is 2.33 bits per heavy atom. The summed E-state index contributed by atoms with van der Waals surface area (Å²) in [6.45, 7) is 3.35. The Bertz CT molecular complexity index is 361. The molecule has 1 aromatic rings. The quantitative estimate of drug-likeness (QED) is 0.864. The van der Waals surface area contributed by atoms with E-state index in [2.05, 4.69) is 10.2 Å². The van der Waals surface area contributed by atoms with Crippen molar-refractivity contribution in [2.45, 2.75) is 25.7 Å². The number of rotatable bonds is 5. The van der Waals surface area contributed by atoms with Crippen molar-refractivity contribution in [3.63, 3.8) is 0 Å². The molecule has 3 heteroatoms. The Balaban J connectivity index is 1.72. The summed E-state index contributed by atoms with van der Waals surface area (Å²) in [5.41, 5.74) is 0.969. The SMILES string of the molecule is CN(CCCC1CCCNC1)c1cccc(F)c1. The first-order valence-corrected chi connectivity index (χ1v) is 6.93. The van der Waals surface area contributed by atoms with Crippen LogP contribution in [0.15, 0.2) is 24.3 Å². The number of piperidine rings is 1. The van der Waals surface area contributed by atoms with E-state index in [0.717, 1.165) is 18.2 Å². The summed E-state index contributed by atoms with van der Waals surface area (Å²) in [6.07, 6.45) is 5.12. The number of benzene rings is 1. The summed E-state index contributed by atoms with van der Waals surface area (Å²) in [7, 11) is 2.04. The molecule has 1 unspecified atom stereocenters. The van der Waals surface area contributed by atoms with Gasteiger partial charge < -0.3 is 10.2 Å². The first kappa shape index (κ1) is 13.3. The van der Waals surface area contributed by atoms with Gasteiger partial charge in [-0.05, 0) is 62.9 Å². The van der Waals surface area contributed by atoms with Crippen molar-refractivity contribution in [1.29, 1.82) is 0 Å². The largest absolute Gasteiger partial charge is 0.375 e. The van der Waals surface area contributed by atoms with Gasteiger partial charge in [0.2, 0.25) is 0 Å². The van der Waals surface area contributed by atoms with Crippen LogP contribution in [0.2, 0.25) is 0 Å². The van der Waals surface area contributed by atoms with Crippen LogP contribution in [0.1, 0.15) is 25.7 Å². The van der Waals surface area contributed by atoms with Gasteiger partial charge in [-0.1, -0.05) is 6.07 Å². The number of anilines is 1. The van der Waals surface area contributed by atoms with Crippen LogP contribution in [-0.2, 0) is 0 Å². The highest BCUT2D eigenvalue weighted by Gasteiger charge is 2.12. The molecule has 18 heavy (non-hydrogen) atoms. The number of halogens is 1. The van der Waals surface area contributed by atoms with Crippen LogP contribution in [0.5, 0.6) is 0 Å². The monoisotopic (exact) mass is 250 g/mol. The molecule has 1 aliphatic heterocycles. The molecular weight excluding hydrogens is 227 g/mol. The minimum absolute atomic E-state index is 0.157. The average molecular weight is 250 g/mol. The van der Waals surface area contributed by atoms with Crippen LogP contribution in [0.3, 0.4) is 0 Å². The molecule has 0 radical (unpaired) electrons. The van der Waals surface area contributed by atoms with Crippen LogP contribution in [0, 0.1) is 11.7 Å². The highest BCUT2D eigenvalue weighted by molar-refractivity contribution is 5.45. The van der Waals surface area contributed by atoms with Crippen LogP contribution in [0.4, 0.5) is 10.1 Å². The average Bonchev–Trinajstić information content (AvgIpc) is 2.40. The lowest BCUT2D eigenvalue weighted by Gasteiger charge is -2.24. The molecule has 0 saturated carbocycles. The maximum absolute atomic E-state index is 13.1. The van der Waals surface area contributed by atoms with E-state index < -0.39 is 0 Å². The third-order valence-corrected chi connectivity index (χ3v) is 3.75. The Hall–Kier alpha value is -1.09. The molecule has 1 saturated heterocycles. The fraction of sp³-hybridized carbons (Fsp3) is 0.600. The van der Waals surface area contributed by atoms with Gasteiger partial charge in [0.25, 0.3) is 0 Å². The van der Waals surface area contributed by atoms with Crippen molar-refractivity contribution in [2.75, 3.05) is 31.6 Å². The van der Waals surface area contributed by atoms with Crippen molar-refractivity contribution in [1.82, 2.24) is 5.32 Å². The molecule has 1 fully saturated rings. The molecule has 0 bridgehead atoms. The topological polar surface area (TPSA) is 15.3 Å². The minimum atomic E-state index is -0.157. The van der Waals surface area contributed by atoms with Crippen LogP contribution < -0.4 is 10.2 Å². The summed E-state index contributed by atoms with van der Waals surface area (Å²) in [6, 6.07) is 6.82. The van der Waals surface area contributed by atoms with Crippen molar-refractivity contribution in [3.8, 4) is 0 Å². The zero-order valence-electron chi connectivity index (χ0n) is 11.2. The van der Waals surface area contributed by atoms with Gasteiger partial charge >= 0.3 is 0 Å². The molecule has 0 aromatic heterocycles. The zero-order chi connectivity index (χ0) is 12.8. The molecule has 2 nitrogen and oxygen atoms in total. The second-order valence-electron chi connectivity index (χ2n) is 5.26. The normalized spacial score (nSPS) is 19.8. The number of hydrogen-bond donors (Lipinski definition) is 1. The lowest BCUT2D eigenvalue weighted by atomic mass is 9.95. The van der Waals surface area contributed by atoms with Gasteiger partial charge in [-0.25, -0.2) is 4.39 Å². The number of nitrogens with one attached hydrogen (secondary N) is 1. The summed E-state index contributed by atoms with van der Waals surface area (Å²) in [5, 5.41) is 3.45. The van der Waals surface area contributed by atoms with E-state index in [1.807, 2.05) is 13.1 Å². The molecule has 0 amide bonds. The lowest BCUT2D eigenvalue weighted by molar-refractivity contribution is 0.352. The first-order valence-electron chi connectivity index (χ1n) is 6.93. The molecule has 0 aliphatic carbocycles. The molecule has 1 heterocycles. The minimum Gasteiger partial charge on any atom is -0.375 e. The van der Waals surface area contributed by atoms with E-state index in [0.29, 0.717) is 0 Å². The fourth-order valence-electron chi connectivity index (χ4n) is 2.63. The van der Waals surface area contributed by atoms with E-state index in [1.54, 1.807) is 12.1 Å². The molecular formula is C15H23FN2. The Labute approximate surface area is 109 Å². The maximum atomic E-state index is 13.1. The second kappa shape index (κ2) is 6.74. The molecule has 1 aliphatic rings. The van der Waals surface area contributed by atoms with Crippen molar-refractivity contribution in [2.24, 2.45) is 5.92 Å². The molecule has 100 valence electrons. The highest BCUT2D eigenvalue weighted by atomic mass is 19.1. The van der Waals surface area contributed by atoms with Gasteiger partial charge in [0, 0.05) is 19.3 Å². The molecule has 1 N–H and O–H groups in total. The lowest BCUT2D eigenvalue weighted by Crippen LogP contribution is -2.30. The number of nitrogens with zero attached hydrogens (tertiary/aromatic N) is 1. The predicted octanol–water partition coefficient (Wildman–Crippen LogP) is 3.04. The standard InChI is InChI=1S/C15H23FN2/c1-18(15-8-2-7-14(16)11-15)10-4-6-13-5-3-9-17-12-13/h2,7-8,11,13,17H,3-6,9-10,12H2,1H3. The van der Waals surface area contributed by atoms with E-state index in [-0.39, 0.29) is 5.82 Å². The second-order valence-corrected chi connectivity index (χ2v) is 5.26. The van der Waals surface area contributed by atoms with Crippen molar-refractivity contribution >= 4 is 5.69 Å². The Kier molecular flexibility index (Phi) is 5.00. The summed E-state index contributed by atoms with van der Waals surface area (Å²) < 4.78 is 13.1. The van der Waals surface area contributed by atoms with Crippen LogP contribution >= 0.6 is 0 Å². The van der Waals surface area contributed by atoms with E-state index >= 15 is 0 Å². The van der Waals surface area contributed by atoms with Gasteiger partial charge in [-0.3, -0.25) is 0 Å². The van der Waals surface area contributed by atoms with Gasteiger partial charge in [0.15, 0.2) is 0 Å². The zero-order valence-corrected chi connectivity index (χ0v) is 11.2. The highest BCUT2D eigenvalue weighted by Crippen LogP contribution is 2.18. The first-order chi connectivity index (χ1) is 8.75. The predicted molar refractivity (Wildman–Crippen MR) is 74.5 cm³/mol. The third kappa shape index (κ3) is 3.98. The smallest absolute Gasteiger partial charge is 0.125 e. The molecule has 0 spiro atoms. The van der Waals surface area contributed by atoms with Crippen molar-refractivity contribution in [3.05, 3.63) is 30.1 Å². The maximum Gasteiger partial charge on any atom is 0.125 e. The van der Waals surface area contributed by atoms with Crippen LogP contribution in [0.25, 0.3) is 0 Å². The number of hydrogen-bond acceptors (Lipinski definition) is 2. The summed E-state index contributed by atoms with van der Waals surface area (Å²) in [5.74, 6) is 0.676. The molecule has 1 atom stereocenters. The van der Waals surface area contributed by atoms with Gasteiger partial charge in [-0.15, -0.1) is 0 Å². The van der Waals surface area contributed by atoms with E-state index in [4.69, 9.17) is 0 Å². The van der Waals surface area contributed by atoms with Gasteiger partial charge in [-0.2, -0.15) is 0 Å². The van der Waals surface area contributed by atoms with E-state index in [9.17, 15) is 4.39 Å². The summed E-state index contributed by atoms with van der Waals surface area (Å²) >= 11 is 0. The Morgan fingerprint density at radius 1 is 1.44 bits per heavy atom. The van der Waals surface area contributed by atoms with E-state index in [1.165, 1.54) is 44.8 Å².